The largest absolute Gasteiger partial charge is 0.391 e. The molecule has 0 amide bonds. The lowest BCUT2D eigenvalue weighted by Gasteiger charge is -2.26. The van der Waals surface area contributed by atoms with Crippen LogP contribution in [0.2, 0.25) is 0 Å². The molecule has 2 nitrogen and oxygen atoms in total. The Labute approximate surface area is 103 Å². The molecule has 0 aromatic carbocycles. The zero-order valence-corrected chi connectivity index (χ0v) is 11.2. The molecule has 1 fully saturated rings. The predicted octanol–water partition coefficient (Wildman–Crippen LogP) is 2.86. The van der Waals surface area contributed by atoms with Crippen LogP contribution in [-0.4, -0.2) is 29.2 Å². The van der Waals surface area contributed by atoms with E-state index in [1.807, 2.05) is 0 Å². The lowest BCUT2D eigenvalue weighted by Crippen LogP contribution is -2.36. The maximum Gasteiger partial charge on any atom is 0.0701 e. The maximum atomic E-state index is 9.79. The molecular weight excluding hydrogens is 274 g/mol. The minimum atomic E-state index is -0.128. The summed E-state index contributed by atoms with van der Waals surface area (Å²) in [6.07, 6.45) is 3.12. The molecule has 0 aliphatic heterocycles. The van der Waals surface area contributed by atoms with Crippen LogP contribution in [0.4, 0.5) is 0 Å². The van der Waals surface area contributed by atoms with Gasteiger partial charge in [-0.1, -0.05) is 0 Å². The van der Waals surface area contributed by atoms with Gasteiger partial charge in [0, 0.05) is 12.6 Å². The first-order valence-electron chi connectivity index (χ1n) is 5.28. The summed E-state index contributed by atoms with van der Waals surface area (Å²) in [5.41, 5.74) is 1.33. The molecule has 0 bridgehead atoms. The van der Waals surface area contributed by atoms with Crippen LogP contribution in [-0.2, 0) is 6.54 Å². The molecule has 15 heavy (non-hydrogen) atoms. The summed E-state index contributed by atoms with van der Waals surface area (Å²) in [5.74, 6) is 0. The summed E-state index contributed by atoms with van der Waals surface area (Å²) in [7, 11) is 2.10. The third-order valence-corrected chi connectivity index (χ3v) is 4.62. The Morgan fingerprint density at radius 2 is 2.40 bits per heavy atom. The van der Waals surface area contributed by atoms with Crippen LogP contribution in [0.3, 0.4) is 0 Å². The molecule has 0 unspecified atom stereocenters. The second kappa shape index (κ2) is 4.95. The SMILES string of the molecule is CN(Cc1csc(Br)c1)[C@H]1CCC[C@@H]1O. The van der Waals surface area contributed by atoms with Crippen molar-refractivity contribution < 1.29 is 5.11 Å². The van der Waals surface area contributed by atoms with Gasteiger partial charge in [-0.3, -0.25) is 4.90 Å². The van der Waals surface area contributed by atoms with Crippen LogP contribution in [0.5, 0.6) is 0 Å². The molecule has 1 aliphatic rings. The molecule has 84 valence electrons. The summed E-state index contributed by atoms with van der Waals surface area (Å²) in [5, 5.41) is 12.0. The lowest BCUT2D eigenvalue weighted by molar-refractivity contribution is 0.0825. The zero-order chi connectivity index (χ0) is 10.8. The molecule has 2 rings (SSSR count). The van der Waals surface area contributed by atoms with Crippen LogP contribution in [0, 0.1) is 0 Å². The molecule has 1 aliphatic carbocycles. The summed E-state index contributed by atoms with van der Waals surface area (Å²) in [6, 6.07) is 2.51. The van der Waals surface area contributed by atoms with Gasteiger partial charge in [0.05, 0.1) is 9.89 Å². The minimum absolute atomic E-state index is 0.128. The number of likely N-dealkylation sites (N-methyl/N-ethyl adjacent to an activating group) is 1. The fourth-order valence-electron chi connectivity index (χ4n) is 2.27. The first-order valence-corrected chi connectivity index (χ1v) is 6.95. The average Bonchev–Trinajstić information content (AvgIpc) is 2.75. The van der Waals surface area contributed by atoms with Crippen molar-refractivity contribution in [3.8, 4) is 0 Å². The smallest absolute Gasteiger partial charge is 0.0701 e. The third kappa shape index (κ3) is 2.81. The van der Waals surface area contributed by atoms with Gasteiger partial charge >= 0.3 is 0 Å². The lowest BCUT2D eigenvalue weighted by atomic mass is 10.2. The molecule has 2 atom stereocenters. The van der Waals surface area contributed by atoms with Gasteiger partial charge in [0.1, 0.15) is 0 Å². The second-order valence-corrected chi connectivity index (χ2v) is 6.53. The minimum Gasteiger partial charge on any atom is -0.391 e. The van der Waals surface area contributed by atoms with Crippen molar-refractivity contribution >= 4 is 27.3 Å². The molecule has 0 radical (unpaired) electrons. The molecule has 1 heterocycles. The van der Waals surface area contributed by atoms with Crippen molar-refractivity contribution in [2.45, 2.75) is 38.0 Å². The summed E-state index contributed by atoms with van der Waals surface area (Å²) in [6.45, 7) is 0.934. The zero-order valence-electron chi connectivity index (χ0n) is 8.82. The number of aliphatic hydroxyl groups excluding tert-OH is 1. The molecule has 1 N–H and O–H groups in total. The van der Waals surface area contributed by atoms with Crippen molar-refractivity contribution in [1.29, 1.82) is 0 Å². The van der Waals surface area contributed by atoms with Crippen molar-refractivity contribution in [3.63, 3.8) is 0 Å². The molecule has 1 saturated carbocycles. The highest BCUT2D eigenvalue weighted by Gasteiger charge is 2.28. The maximum absolute atomic E-state index is 9.79. The van der Waals surface area contributed by atoms with E-state index in [0.29, 0.717) is 6.04 Å². The highest BCUT2D eigenvalue weighted by Crippen LogP contribution is 2.26. The quantitative estimate of drug-likeness (QED) is 0.925. The number of nitrogens with zero attached hydrogens (tertiary/aromatic N) is 1. The first kappa shape index (κ1) is 11.6. The van der Waals surface area contributed by atoms with E-state index in [9.17, 15) is 5.11 Å². The molecule has 1 aromatic heterocycles. The van der Waals surface area contributed by atoms with Gasteiger partial charge in [-0.25, -0.2) is 0 Å². The Bertz CT molecular complexity index is 328. The Morgan fingerprint density at radius 3 is 2.93 bits per heavy atom. The topological polar surface area (TPSA) is 23.5 Å². The highest BCUT2D eigenvalue weighted by molar-refractivity contribution is 9.11. The number of hydrogen-bond acceptors (Lipinski definition) is 3. The Morgan fingerprint density at radius 1 is 1.60 bits per heavy atom. The third-order valence-electron chi connectivity index (χ3n) is 3.06. The number of thiophene rings is 1. The van der Waals surface area contributed by atoms with Crippen LogP contribution < -0.4 is 0 Å². The van der Waals surface area contributed by atoms with E-state index in [4.69, 9.17) is 0 Å². The van der Waals surface area contributed by atoms with E-state index in [2.05, 4.69) is 39.3 Å². The van der Waals surface area contributed by atoms with Crippen LogP contribution in [0.1, 0.15) is 24.8 Å². The Balaban J connectivity index is 1.94. The van der Waals surface area contributed by atoms with Gasteiger partial charge in [0.15, 0.2) is 0 Å². The summed E-state index contributed by atoms with van der Waals surface area (Å²) in [4.78, 5) is 2.27. The molecule has 1 aromatic rings. The van der Waals surface area contributed by atoms with E-state index in [-0.39, 0.29) is 6.10 Å². The van der Waals surface area contributed by atoms with E-state index < -0.39 is 0 Å². The molecule has 0 spiro atoms. The van der Waals surface area contributed by atoms with Gasteiger partial charge in [-0.2, -0.15) is 0 Å². The van der Waals surface area contributed by atoms with Crippen LogP contribution >= 0.6 is 27.3 Å². The van der Waals surface area contributed by atoms with Gasteiger partial charge in [0.25, 0.3) is 0 Å². The van der Waals surface area contributed by atoms with E-state index in [0.717, 1.165) is 25.8 Å². The van der Waals surface area contributed by atoms with Gasteiger partial charge in [0.2, 0.25) is 0 Å². The number of rotatable bonds is 3. The fourth-order valence-corrected chi connectivity index (χ4v) is 3.47. The molecular formula is C11H16BrNOS. The van der Waals surface area contributed by atoms with Gasteiger partial charge in [-0.15, -0.1) is 11.3 Å². The van der Waals surface area contributed by atoms with Crippen molar-refractivity contribution in [3.05, 3.63) is 20.8 Å². The number of halogens is 1. The number of aliphatic hydroxyl groups is 1. The van der Waals surface area contributed by atoms with Crippen LogP contribution in [0.25, 0.3) is 0 Å². The molecule has 0 saturated heterocycles. The Hall–Kier alpha value is 0.1000. The highest BCUT2D eigenvalue weighted by atomic mass is 79.9. The van der Waals surface area contributed by atoms with E-state index in [1.54, 1.807) is 11.3 Å². The van der Waals surface area contributed by atoms with Gasteiger partial charge in [-0.05, 0) is 59.2 Å². The van der Waals surface area contributed by atoms with Crippen molar-refractivity contribution in [2.75, 3.05) is 7.05 Å². The van der Waals surface area contributed by atoms with Crippen LogP contribution in [0.15, 0.2) is 15.2 Å². The van der Waals surface area contributed by atoms with E-state index >= 15 is 0 Å². The molecule has 4 heteroatoms. The van der Waals surface area contributed by atoms with Crippen molar-refractivity contribution in [1.82, 2.24) is 4.90 Å². The first-order chi connectivity index (χ1) is 7.16. The normalized spacial score (nSPS) is 26.4. The summed E-state index contributed by atoms with van der Waals surface area (Å²) >= 11 is 5.19. The second-order valence-electron chi connectivity index (χ2n) is 4.24. The van der Waals surface area contributed by atoms with E-state index in [1.165, 1.54) is 9.35 Å². The predicted molar refractivity (Wildman–Crippen MR) is 67.1 cm³/mol. The summed E-state index contributed by atoms with van der Waals surface area (Å²) < 4.78 is 1.18. The number of hydrogen-bond donors (Lipinski definition) is 1. The van der Waals surface area contributed by atoms with Gasteiger partial charge < -0.3 is 5.11 Å². The average molecular weight is 290 g/mol. The Kier molecular flexibility index (Phi) is 3.83. The van der Waals surface area contributed by atoms with Crippen molar-refractivity contribution in [2.24, 2.45) is 0 Å². The fraction of sp³-hybridized carbons (Fsp3) is 0.636. The standard InChI is InChI=1S/C11H16BrNOS/c1-13(9-3-2-4-10(9)14)6-8-5-11(12)15-7-8/h5,7,9-10,14H,2-4,6H2,1H3/t9-,10-/m0/s1. The monoisotopic (exact) mass is 289 g/mol.